The Bertz CT molecular complexity index is 1180. The largest absolute Gasteiger partial charge is 0.394 e. The first-order valence-electron chi connectivity index (χ1n) is 29.7. The van der Waals surface area contributed by atoms with Crippen molar-refractivity contribution in [2.45, 2.75) is 326 Å². The summed E-state index contributed by atoms with van der Waals surface area (Å²) in [7, 11) is 0. The number of carbonyl (C=O) groups is 1. The maximum atomic E-state index is 13.0. The van der Waals surface area contributed by atoms with Crippen molar-refractivity contribution < 1.29 is 39.8 Å². The number of allylic oxidation sites excluding steroid dienone is 5. The van der Waals surface area contributed by atoms with Gasteiger partial charge in [-0.1, -0.05) is 275 Å². The molecule has 0 radical (unpaired) electrons. The Hall–Kier alpha value is -1.59. The van der Waals surface area contributed by atoms with Crippen LogP contribution in [0.1, 0.15) is 284 Å². The van der Waals surface area contributed by atoms with E-state index < -0.39 is 49.5 Å². The van der Waals surface area contributed by atoms with Gasteiger partial charge < -0.3 is 40.3 Å². The zero-order valence-corrected chi connectivity index (χ0v) is 45.1. The van der Waals surface area contributed by atoms with E-state index in [4.69, 9.17) is 9.47 Å². The average molecular weight is 977 g/mol. The molecule has 0 aromatic rings. The molecule has 1 aliphatic heterocycles. The van der Waals surface area contributed by atoms with Gasteiger partial charge >= 0.3 is 0 Å². The molecule has 0 aliphatic carbocycles. The van der Waals surface area contributed by atoms with Gasteiger partial charge in [0.2, 0.25) is 5.91 Å². The first-order chi connectivity index (χ1) is 33.8. The molecule has 1 rings (SSSR count). The normalized spacial score (nSPS) is 19.7. The number of amides is 1. The van der Waals surface area contributed by atoms with Gasteiger partial charge in [0.05, 0.1) is 25.4 Å². The van der Waals surface area contributed by atoms with Crippen LogP contribution in [0.3, 0.4) is 0 Å². The summed E-state index contributed by atoms with van der Waals surface area (Å²) in [6.45, 7) is 3.70. The van der Waals surface area contributed by atoms with Crippen LogP contribution in [-0.2, 0) is 14.3 Å². The van der Waals surface area contributed by atoms with E-state index in [0.29, 0.717) is 6.42 Å². The van der Waals surface area contributed by atoms with Crippen molar-refractivity contribution in [1.82, 2.24) is 5.32 Å². The third-order valence-electron chi connectivity index (χ3n) is 14.2. The number of aliphatic hydroxyl groups excluding tert-OH is 5. The fourth-order valence-corrected chi connectivity index (χ4v) is 9.49. The molecule has 0 saturated carbocycles. The minimum absolute atomic E-state index is 0.188. The van der Waals surface area contributed by atoms with Crippen LogP contribution in [0.4, 0.5) is 0 Å². The van der Waals surface area contributed by atoms with Crippen LogP contribution in [-0.4, -0.2) is 87.5 Å². The van der Waals surface area contributed by atoms with Crippen LogP contribution in [0.5, 0.6) is 0 Å². The van der Waals surface area contributed by atoms with Crippen molar-refractivity contribution in [2.24, 2.45) is 0 Å². The van der Waals surface area contributed by atoms with Gasteiger partial charge in [-0.25, -0.2) is 0 Å². The summed E-state index contributed by atoms with van der Waals surface area (Å²) < 4.78 is 11.2. The quantitative estimate of drug-likeness (QED) is 0.0261. The highest BCUT2D eigenvalue weighted by atomic mass is 16.7. The summed E-state index contributed by atoms with van der Waals surface area (Å²) in [5.41, 5.74) is 0. The summed E-state index contributed by atoms with van der Waals surface area (Å²) in [6, 6.07) is -0.824. The predicted octanol–water partition coefficient (Wildman–Crippen LogP) is 14.7. The molecule has 1 saturated heterocycles. The lowest BCUT2D eigenvalue weighted by molar-refractivity contribution is -0.302. The summed E-state index contributed by atoms with van der Waals surface area (Å²) in [5, 5.41) is 54.2. The number of nitrogens with one attached hydrogen (secondary N) is 1. The first-order valence-corrected chi connectivity index (χ1v) is 29.7. The second-order valence-electron chi connectivity index (χ2n) is 20.8. The predicted molar refractivity (Wildman–Crippen MR) is 290 cm³/mol. The second kappa shape index (κ2) is 50.0. The van der Waals surface area contributed by atoms with Gasteiger partial charge in [-0.3, -0.25) is 4.79 Å². The van der Waals surface area contributed by atoms with Crippen molar-refractivity contribution in [3.63, 3.8) is 0 Å². The number of unbranched alkanes of at least 4 members (excludes halogenated alkanes) is 37. The Kier molecular flexibility index (Phi) is 47.4. The van der Waals surface area contributed by atoms with Crippen LogP contribution >= 0.6 is 0 Å². The molecule has 7 unspecified atom stereocenters. The fourth-order valence-electron chi connectivity index (χ4n) is 9.49. The van der Waals surface area contributed by atoms with Gasteiger partial charge in [0.25, 0.3) is 0 Å². The smallest absolute Gasteiger partial charge is 0.220 e. The van der Waals surface area contributed by atoms with Crippen molar-refractivity contribution >= 4 is 5.91 Å². The fraction of sp³-hybridized carbons (Fsp3) is 0.883. The van der Waals surface area contributed by atoms with E-state index in [1.807, 2.05) is 6.08 Å². The van der Waals surface area contributed by atoms with Crippen LogP contribution in [0, 0.1) is 0 Å². The molecule has 6 N–H and O–H groups in total. The topological polar surface area (TPSA) is 149 Å². The summed E-state index contributed by atoms with van der Waals surface area (Å²) in [4.78, 5) is 13.0. The van der Waals surface area contributed by atoms with Crippen molar-refractivity contribution in [1.29, 1.82) is 0 Å². The third-order valence-corrected chi connectivity index (χ3v) is 14.2. The summed E-state index contributed by atoms with van der Waals surface area (Å²) in [6.07, 6.45) is 58.4. The molecular weight excluding hydrogens is 863 g/mol. The Morgan fingerprint density at radius 1 is 0.478 bits per heavy atom. The molecule has 0 bridgehead atoms. The van der Waals surface area contributed by atoms with Gasteiger partial charge in [0.15, 0.2) is 6.29 Å². The van der Waals surface area contributed by atoms with Crippen molar-refractivity contribution in [3.05, 3.63) is 36.5 Å². The SMILES string of the molecule is CCC/C=C/CC/C=C/CC/C=C/C(O)C(COC1OC(CO)C(O)C(O)C1O)NC(=O)CCCCCCCCCCCCCCCCCCCCCCCCCCCCCCCCCCCCC. The third kappa shape index (κ3) is 39.6. The number of carbonyl (C=O) groups excluding carboxylic acids is 1. The number of hydrogen-bond acceptors (Lipinski definition) is 8. The standard InChI is InChI=1S/C60H113NO8/c1-3-5-7-9-11-13-15-16-17-18-19-20-21-22-23-24-25-26-27-28-29-30-31-32-33-34-35-36-37-38-40-42-44-46-48-50-56(64)61-53(52-68-60-59(67)58(66)57(65)55(51-62)69-60)54(63)49-47-45-43-41-39-14-12-10-8-6-4-2/h8,10,39,41,47,49,53-55,57-60,62-63,65-67H,3-7,9,11-38,40,42-46,48,50-52H2,1-2H3,(H,61,64)/b10-8+,41-39+,49-47+. The minimum atomic E-state index is -1.57. The van der Waals surface area contributed by atoms with Gasteiger partial charge in [-0.15, -0.1) is 0 Å². The molecule has 9 nitrogen and oxygen atoms in total. The van der Waals surface area contributed by atoms with Crippen molar-refractivity contribution in [3.8, 4) is 0 Å². The molecule has 406 valence electrons. The average Bonchev–Trinajstić information content (AvgIpc) is 3.35. The van der Waals surface area contributed by atoms with Crippen molar-refractivity contribution in [2.75, 3.05) is 13.2 Å². The molecular formula is C60H113NO8. The highest BCUT2D eigenvalue weighted by Gasteiger charge is 2.44. The Labute approximate surface area is 425 Å². The summed E-state index contributed by atoms with van der Waals surface area (Å²) in [5.74, 6) is -0.188. The van der Waals surface area contributed by atoms with Crippen LogP contribution in [0.15, 0.2) is 36.5 Å². The molecule has 7 atom stereocenters. The van der Waals surface area contributed by atoms with Gasteiger partial charge in [0.1, 0.15) is 24.4 Å². The monoisotopic (exact) mass is 976 g/mol. The number of ether oxygens (including phenoxy) is 2. The highest BCUT2D eigenvalue weighted by Crippen LogP contribution is 2.23. The first kappa shape index (κ1) is 65.4. The molecule has 1 amide bonds. The van der Waals surface area contributed by atoms with E-state index in [-0.39, 0.29) is 12.5 Å². The number of hydrogen-bond donors (Lipinski definition) is 6. The van der Waals surface area contributed by atoms with Gasteiger partial charge in [-0.2, -0.15) is 0 Å². The molecule has 1 aliphatic rings. The van der Waals surface area contributed by atoms with Crippen LogP contribution < -0.4 is 5.32 Å². The second-order valence-corrected chi connectivity index (χ2v) is 20.8. The molecule has 0 aromatic heterocycles. The lowest BCUT2D eigenvalue weighted by Crippen LogP contribution is -2.60. The van der Waals surface area contributed by atoms with E-state index >= 15 is 0 Å². The summed E-state index contributed by atoms with van der Waals surface area (Å²) >= 11 is 0. The van der Waals surface area contributed by atoms with Crippen LogP contribution in [0.2, 0.25) is 0 Å². The molecule has 1 heterocycles. The Balaban J connectivity index is 2.05. The lowest BCUT2D eigenvalue weighted by atomic mass is 9.99. The number of aliphatic hydroxyl groups is 5. The molecule has 1 fully saturated rings. The van der Waals surface area contributed by atoms with E-state index in [1.54, 1.807) is 6.08 Å². The maximum Gasteiger partial charge on any atom is 0.220 e. The molecule has 0 spiro atoms. The van der Waals surface area contributed by atoms with Crippen LogP contribution in [0.25, 0.3) is 0 Å². The number of rotatable bonds is 51. The zero-order chi connectivity index (χ0) is 50.1. The Morgan fingerprint density at radius 3 is 1.19 bits per heavy atom. The molecule has 69 heavy (non-hydrogen) atoms. The highest BCUT2D eigenvalue weighted by molar-refractivity contribution is 5.76. The van der Waals surface area contributed by atoms with Gasteiger partial charge in [-0.05, 0) is 38.5 Å². The minimum Gasteiger partial charge on any atom is -0.394 e. The maximum absolute atomic E-state index is 13.0. The Morgan fingerprint density at radius 2 is 0.826 bits per heavy atom. The van der Waals surface area contributed by atoms with E-state index in [2.05, 4.69) is 43.5 Å². The van der Waals surface area contributed by atoms with Gasteiger partial charge in [0, 0.05) is 6.42 Å². The lowest BCUT2D eigenvalue weighted by Gasteiger charge is -2.40. The van der Waals surface area contributed by atoms with E-state index in [1.165, 1.54) is 205 Å². The van der Waals surface area contributed by atoms with E-state index in [0.717, 1.165) is 57.8 Å². The molecule has 9 heteroatoms. The zero-order valence-electron chi connectivity index (χ0n) is 45.1. The molecule has 0 aromatic carbocycles. The van der Waals surface area contributed by atoms with E-state index in [9.17, 15) is 30.3 Å².